The molecule has 1 nitrogen and oxygen atoms in total. The monoisotopic (exact) mass is 194 g/mol. The van der Waals surface area contributed by atoms with E-state index in [1.165, 1.54) is 30.4 Å². The number of halogens is 1. The molecule has 0 saturated heterocycles. The van der Waals surface area contributed by atoms with Crippen molar-refractivity contribution >= 4 is 27.2 Å². The average molecular weight is 194 g/mol. The van der Waals surface area contributed by atoms with Gasteiger partial charge in [0.15, 0.2) is 5.78 Å². The van der Waals surface area contributed by atoms with Gasteiger partial charge < -0.3 is 0 Å². The van der Waals surface area contributed by atoms with Gasteiger partial charge in [-0.1, -0.05) is 0 Å². The molecule has 0 aliphatic carbocycles. The van der Waals surface area contributed by atoms with E-state index in [-0.39, 0.29) is 11.6 Å². The molecule has 0 radical (unpaired) electrons. The number of carbonyl (C=O) groups is 1. The minimum absolute atomic E-state index is 0.0168. The standard InChI is InChI=1S/C10H7FOS/c1-6(12)9-5-13-10-3-2-7(11)4-8(9)10/h2-5H,1H3. The van der Waals surface area contributed by atoms with Gasteiger partial charge in [0.25, 0.3) is 0 Å². The molecular weight excluding hydrogens is 187 g/mol. The summed E-state index contributed by atoms with van der Waals surface area (Å²) in [5, 5.41) is 2.49. The lowest BCUT2D eigenvalue weighted by Crippen LogP contribution is -1.88. The van der Waals surface area contributed by atoms with Crippen molar-refractivity contribution in [3.8, 4) is 0 Å². The van der Waals surface area contributed by atoms with Gasteiger partial charge in [-0.25, -0.2) is 4.39 Å². The fourth-order valence-corrected chi connectivity index (χ4v) is 2.25. The van der Waals surface area contributed by atoms with Crippen LogP contribution in [0.2, 0.25) is 0 Å². The first-order valence-corrected chi connectivity index (χ1v) is 4.74. The summed E-state index contributed by atoms with van der Waals surface area (Å²) in [7, 11) is 0. The van der Waals surface area contributed by atoms with Crippen LogP contribution in [0.3, 0.4) is 0 Å². The zero-order valence-corrected chi connectivity index (χ0v) is 7.82. The fraction of sp³-hybridized carbons (Fsp3) is 0.100. The average Bonchev–Trinajstić information content (AvgIpc) is 2.46. The Labute approximate surface area is 78.8 Å². The van der Waals surface area contributed by atoms with Crippen molar-refractivity contribution in [2.24, 2.45) is 0 Å². The predicted molar refractivity (Wildman–Crippen MR) is 51.8 cm³/mol. The second-order valence-corrected chi connectivity index (χ2v) is 3.76. The number of Topliss-reactive ketones (excluding diaryl/α,β-unsaturated/α-hetero) is 1. The van der Waals surface area contributed by atoms with Crippen LogP contribution >= 0.6 is 11.3 Å². The summed E-state index contributed by atoms with van der Waals surface area (Å²) in [4.78, 5) is 11.1. The predicted octanol–water partition coefficient (Wildman–Crippen LogP) is 3.24. The maximum Gasteiger partial charge on any atom is 0.161 e. The number of rotatable bonds is 1. The number of thiophene rings is 1. The van der Waals surface area contributed by atoms with Crippen molar-refractivity contribution in [2.75, 3.05) is 0 Å². The van der Waals surface area contributed by atoms with Gasteiger partial charge in [-0.3, -0.25) is 4.79 Å². The molecule has 0 fully saturated rings. The molecule has 0 N–H and O–H groups in total. The van der Waals surface area contributed by atoms with Gasteiger partial charge in [-0.05, 0) is 25.1 Å². The van der Waals surface area contributed by atoms with Crippen molar-refractivity contribution in [2.45, 2.75) is 6.92 Å². The molecule has 0 aliphatic rings. The van der Waals surface area contributed by atoms with E-state index in [0.29, 0.717) is 5.56 Å². The number of hydrogen-bond acceptors (Lipinski definition) is 2. The summed E-state index contributed by atoms with van der Waals surface area (Å²) in [6, 6.07) is 4.51. The van der Waals surface area contributed by atoms with Crippen molar-refractivity contribution in [1.29, 1.82) is 0 Å². The second-order valence-electron chi connectivity index (χ2n) is 2.85. The highest BCUT2D eigenvalue weighted by Gasteiger charge is 2.08. The molecule has 0 saturated carbocycles. The van der Waals surface area contributed by atoms with Crippen LogP contribution in [-0.2, 0) is 0 Å². The molecule has 13 heavy (non-hydrogen) atoms. The summed E-state index contributed by atoms with van der Waals surface area (Å²) >= 11 is 1.46. The van der Waals surface area contributed by atoms with Crippen LogP contribution in [-0.4, -0.2) is 5.78 Å². The van der Waals surface area contributed by atoms with Gasteiger partial charge in [-0.15, -0.1) is 11.3 Å². The van der Waals surface area contributed by atoms with E-state index in [1.54, 1.807) is 11.4 Å². The zero-order chi connectivity index (χ0) is 9.42. The molecule has 3 heteroatoms. The van der Waals surface area contributed by atoms with Crippen LogP contribution in [0.15, 0.2) is 23.6 Å². The van der Waals surface area contributed by atoms with E-state index in [9.17, 15) is 9.18 Å². The van der Waals surface area contributed by atoms with Gasteiger partial charge in [0.2, 0.25) is 0 Å². The van der Waals surface area contributed by atoms with Gasteiger partial charge in [0, 0.05) is 21.0 Å². The summed E-state index contributed by atoms with van der Waals surface area (Å²) in [6.07, 6.45) is 0. The van der Waals surface area contributed by atoms with Gasteiger partial charge in [-0.2, -0.15) is 0 Å². The van der Waals surface area contributed by atoms with Crippen LogP contribution in [0, 0.1) is 5.82 Å². The minimum Gasteiger partial charge on any atom is -0.294 e. The number of fused-ring (bicyclic) bond motifs is 1. The minimum atomic E-state index is -0.298. The molecular formula is C10H7FOS. The number of benzene rings is 1. The Morgan fingerprint density at radius 3 is 2.92 bits per heavy atom. The zero-order valence-electron chi connectivity index (χ0n) is 7.00. The van der Waals surface area contributed by atoms with Crippen molar-refractivity contribution < 1.29 is 9.18 Å². The Bertz CT molecular complexity index is 473. The molecule has 2 rings (SSSR count). The molecule has 1 heterocycles. The first-order valence-electron chi connectivity index (χ1n) is 3.86. The molecule has 0 unspecified atom stereocenters. The Kier molecular flexibility index (Phi) is 1.88. The molecule has 1 aromatic carbocycles. The number of ketones is 1. The van der Waals surface area contributed by atoms with Gasteiger partial charge in [0.05, 0.1) is 0 Å². The third kappa shape index (κ3) is 1.35. The SMILES string of the molecule is CC(=O)c1csc2ccc(F)cc12. The Morgan fingerprint density at radius 1 is 1.46 bits per heavy atom. The Balaban J connectivity index is 2.79. The Hall–Kier alpha value is -1.22. The maximum atomic E-state index is 12.9. The summed E-state index contributed by atoms with van der Waals surface area (Å²) < 4.78 is 13.8. The van der Waals surface area contributed by atoms with E-state index in [1.807, 2.05) is 0 Å². The highest BCUT2D eigenvalue weighted by atomic mass is 32.1. The molecule has 2 aromatic rings. The van der Waals surface area contributed by atoms with Crippen molar-refractivity contribution in [1.82, 2.24) is 0 Å². The lowest BCUT2D eigenvalue weighted by molar-refractivity contribution is 0.101. The summed E-state index contributed by atoms with van der Waals surface area (Å²) in [5.74, 6) is -0.315. The van der Waals surface area contributed by atoms with E-state index in [0.717, 1.165) is 10.1 Å². The van der Waals surface area contributed by atoms with E-state index < -0.39 is 0 Å². The molecule has 1 aromatic heterocycles. The quantitative estimate of drug-likeness (QED) is 0.637. The molecule has 0 aliphatic heterocycles. The number of carbonyl (C=O) groups excluding carboxylic acids is 1. The highest BCUT2D eigenvalue weighted by molar-refractivity contribution is 7.17. The van der Waals surface area contributed by atoms with Crippen molar-refractivity contribution in [3.05, 3.63) is 35.0 Å². The topological polar surface area (TPSA) is 17.1 Å². The van der Waals surface area contributed by atoms with E-state index in [4.69, 9.17) is 0 Å². The molecule has 0 spiro atoms. The van der Waals surface area contributed by atoms with Crippen LogP contribution in [0.25, 0.3) is 10.1 Å². The fourth-order valence-electron chi connectivity index (χ4n) is 1.27. The normalized spacial score (nSPS) is 10.6. The molecule has 66 valence electrons. The summed E-state index contributed by atoms with van der Waals surface area (Å²) in [5.41, 5.74) is 0.611. The Morgan fingerprint density at radius 2 is 2.23 bits per heavy atom. The third-order valence-electron chi connectivity index (χ3n) is 1.91. The molecule has 0 atom stereocenters. The largest absolute Gasteiger partial charge is 0.294 e. The third-order valence-corrected chi connectivity index (χ3v) is 2.88. The van der Waals surface area contributed by atoms with Crippen LogP contribution in [0.4, 0.5) is 4.39 Å². The lowest BCUT2D eigenvalue weighted by Gasteiger charge is -1.92. The smallest absolute Gasteiger partial charge is 0.161 e. The van der Waals surface area contributed by atoms with Gasteiger partial charge in [0.1, 0.15) is 5.82 Å². The van der Waals surface area contributed by atoms with Gasteiger partial charge >= 0.3 is 0 Å². The van der Waals surface area contributed by atoms with Crippen LogP contribution < -0.4 is 0 Å². The van der Waals surface area contributed by atoms with Crippen molar-refractivity contribution in [3.63, 3.8) is 0 Å². The van der Waals surface area contributed by atoms with E-state index in [2.05, 4.69) is 0 Å². The first kappa shape index (κ1) is 8.38. The van der Waals surface area contributed by atoms with E-state index >= 15 is 0 Å². The highest BCUT2D eigenvalue weighted by Crippen LogP contribution is 2.26. The lowest BCUT2D eigenvalue weighted by atomic mass is 10.1. The van der Waals surface area contributed by atoms with Crippen LogP contribution in [0.1, 0.15) is 17.3 Å². The maximum absolute atomic E-state index is 12.9. The first-order chi connectivity index (χ1) is 6.18. The van der Waals surface area contributed by atoms with Crippen LogP contribution in [0.5, 0.6) is 0 Å². The second kappa shape index (κ2) is 2.92. The number of hydrogen-bond donors (Lipinski definition) is 0. The summed E-state index contributed by atoms with van der Waals surface area (Å²) in [6.45, 7) is 1.49. The molecule has 0 amide bonds. The molecule has 0 bridgehead atoms.